The number of carbonyl (C=O) groups is 1. The van der Waals surface area contributed by atoms with Gasteiger partial charge in [0.1, 0.15) is 5.75 Å². The lowest BCUT2D eigenvalue weighted by molar-refractivity contribution is 0.101. The van der Waals surface area contributed by atoms with Gasteiger partial charge >= 0.3 is 15.8 Å². The van der Waals surface area contributed by atoms with E-state index in [2.05, 4.69) is 0 Å². The maximum atomic E-state index is 12.5. The summed E-state index contributed by atoms with van der Waals surface area (Å²) >= 11 is 0. The molecule has 1 aromatic carbocycles. The van der Waals surface area contributed by atoms with Gasteiger partial charge in [0.2, 0.25) is 0 Å². The summed E-state index contributed by atoms with van der Waals surface area (Å²) in [4.78, 5) is 34.6. The van der Waals surface area contributed by atoms with Gasteiger partial charge in [-0.3, -0.25) is 18.7 Å². The number of rotatable bonds is 4. The molecule has 128 valence electrons. The number of nitrogens with zero attached hydrogens (tertiary/aromatic N) is 2. The summed E-state index contributed by atoms with van der Waals surface area (Å²) in [6.07, 6.45) is 0. The van der Waals surface area contributed by atoms with Gasteiger partial charge in [0, 0.05) is 25.4 Å². The Bertz CT molecular complexity index is 1030. The van der Waals surface area contributed by atoms with E-state index >= 15 is 0 Å². The van der Waals surface area contributed by atoms with Crippen molar-refractivity contribution in [2.45, 2.75) is 18.7 Å². The molecule has 0 radical (unpaired) electrons. The van der Waals surface area contributed by atoms with E-state index in [0.717, 1.165) is 4.57 Å². The predicted octanol–water partition coefficient (Wildman–Crippen LogP) is 0.363. The largest absolute Gasteiger partial charge is 0.379 e. The van der Waals surface area contributed by atoms with Crippen molar-refractivity contribution in [2.75, 3.05) is 0 Å². The number of hydrogen-bond donors (Lipinski definition) is 0. The smallest absolute Gasteiger partial charge is 0.346 e. The summed E-state index contributed by atoms with van der Waals surface area (Å²) in [6.45, 7) is 2.72. The quantitative estimate of drug-likeness (QED) is 0.581. The molecule has 0 fully saturated rings. The van der Waals surface area contributed by atoms with Crippen molar-refractivity contribution in [3.8, 4) is 5.75 Å². The van der Waals surface area contributed by atoms with Crippen LogP contribution in [0.1, 0.15) is 23.0 Å². The molecule has 9 heteroatoms. The normalized spacial score (nSPS) is 11.3. The molecule has 0 aliphatic rings. The first-order chi connectivity index (χ1) is 11.1. The van der Waals surface area contributed by atoms with Crippen LogP contribution in [-0.4, -0.2) is 23.3 Å². The molecule has 0 bridgehead atoms. The molecule has 0 atom stereocenters. The van der Waals surface area contributed by atoms with Crippen molar-refractivity contribution in [1.82, 2.24) is 9.13 Å². The molecule has 8 nitrogen and oxygen atoms in total. The molecule has 0 saturated heterocycles. The lowest BCUT2D eigenvalue weighted by Crippen LogP contribution is -2.41. The lowest BCUT2D eigenvalue weighted by Gasteiger charge is -2.13. The van der Waals surface area contributed by atoms with Gasteiger partial charge < -0.3 is 4.18 Å². The fourth-order valence-corrected chi connectivity index (χ4v) is 3.41. The van der Waals surface area contributed by atoms with Crippen LogP contribution in [0.4, 0.5) is 0 Å². The van der Waals surface area contributed by atoms with Crippen LogP contribution in [0.2, 0.25) is 0 Å². The first-order valence-corrected chi connectivity index (χ1v) is 8.29. The molecule has 2 aromatic rings. The van der Waals surface area contributed by atoms with E-state index < -0.39 is 26.3 Å². The number of Topliss-reactive ketones (excluding diaryl/α,β-unsaturated/α-hetero) is 1. The molecule has 1 heterocycles. The molecular formula is C15H16N2O6S. The molecule has 0 aliphatic carbocycles. The SMILES string of the molecule is CC(=O)c1ccc(OS(=O)(=O)c2c(C)n(C)c(=O)n(C)c2=O)cc1. The molecule has 2 rings (SSSR count). The van der Waals surface area contributed by atoms with E-state index in [0.29, 0.717) is 10.1 Å². The van der Waals surface area contributed by atoms with Crippen LogP contribution in [0.15, 0.2) is 38.8 Å². The third kappa shape index (κ3) is 3.02. The van der Waals surface area contributed by atoms with Crippen molar-refractivity contribution < 1.29 is 17.4 Å². The zero-order valence-corrected chi connectivity index (χ0v) is 14.4. The van der Waals surface area contributed by atoms with Gasteiger partial charge in [0.15, 0.2) is 10.7 Å². The van der Waals surface area contributed by atoms with Crippen molar-refractivity contribution >= 4 is 15.9 Å². The Labute approximate surface area is 138 Å². The maximum Gasteiger partial charge on any atom is 0.346 e. The van der Waals surface area contributed by atoms with Crippen molar-refractivity contribution in [3.05, 3.63) is 56.4 Å². The van der Waals surface area contributed by atoms with Crippen LogP contribution in [0.5, 0.6) is 5.75 Å². The van der Waals surface area contributed by atoms with E-state index in [-0.39, 0.29) is 17.2 Å². The van der Waals surface area contributed by atoms with Gasteiger partial charge in [-0.15, -0.1) is 0 Å². The second-order valence-corrected chi connectivity index (χ2v) is 6.72. The number of aromatic nitrogens is 2. The zero-order chi connectivity index (χ0) is 18.2. The fourth-order valence-electron chi connectivity index (χ4n) is 2.12. The van der Waals surface area contributed by atoms with Crippen molar-refractivity contribution in [1.29, 1.82) is 0 Å². The lowest BCUT2D eigenvalue weighted by atomic mass is 10.1. The van der Waals surface area contributed by atoms with Crippen molar-refractivity contribution in [2.24, 2.45) is 14.1 Å². The Morgan fingerprint density at radius 2 is 1.58 bits per heavy atom. The van der Waals surface area contributed by atoms with E-state index in [1.54, 1.807) is 0 Å². The van der Waals surface area contributed by atoms with E-state index in [1.807, 2.05) is 0 Å². The number of ketones is 1. The second-order valence-electron chi connectivity index (χ2n) is 5.24. The van der Waals surface area contributed by atoms with Gasteiger partial charge in [-0.25, -0.2) is 4.79 Å². The van der Waals surface area contributed by atoms with Crippen LogP contribution in [0.25, 0.3) is 0 Å². The van der Waals surface area contributed by atoms with Crippen LogP contribution in [0.3, 0.4) is 0 Å². The van der Waals surface area contributed by atoms with Crippen LogP contribution < -0.4 is 15.4 Å². The molecule has 0 saturated carbocycles. The minimum atomic E-state index is -4.45. The van der Waals surface area contributed by atoms with Gasteiger partial charge in [-0.2, -0.15) is 8.42 Å². The van der Waals surface area contributed by atoms with E-state index in [1.165, 1.54) is 52.2 Å². The monoisotopic (exact) mass is 352 g/mol. The van der Waals surface area contributed by atoms with Crippen LogP contribution in [-0.2, 0) is 24.2 Å². The Kier molecular flexibility index (Phi) is 4.48. The summed E-state index contributed by atoms with van der Waals surface area (Å²) in [5.74, 6) is -0.220. The highest BCUT2D eigenvalue weighted by Gasteiger charge is 2.27. The molecule has 1 aromatic heterocycles. The molecular weight excluding hydrogens is 336 g/mol. The summed E-state index contributed by atoms with van der Waals surface area (Å²) < 4.78 is 31.6. The van der Waals surface area contributed by atoms with Gasteiger partial charge in [0.25, 0.3) is 5.56 Å². The molecule has 0 spiro atoms. The fraction of sp³-hybridized carbons (Fsp3) is 0.267. The molecule has 24 heavy (non-hydrogen) atoms. The summed E-state index contributed by atoms with van der Waals surface area (Å²) in [6, 6.07) is 5.46. The highest BCUT2D eigenvalue weighted by molar-refractivity contribution is 7.87. The standard InChI is InChI=1S/C15H16N2O6S/c1-9-13(14(19)17(4)15(20)16(9)3)24(21,22)23-12-7-5-11(6-8-12)10(2)18/h5-8H,1-4H3. The van der Waals surface area contributed by atoms with E-state index in [9.17, 15) is 22.8 Å². The zero-order valence-electron chi connectivity index (χ0n) is 13.6. The molecule has 0 unspecified atom stereocenters. The minimum absolute atomic E-state index is 0.0246. The van der Waals surface area contributed by atoms with Crippen LogP contribution >= 0.6 is 0 Å². The molecule has 0 aliphatic heterocycles. The third-order valence-corrected chi connectivity index (χ3v) is 5.00. The van der Waals surface area contributed by atoms with Gasteiger partial charge in [-0.05, 0) is 38.1 Å². The molecule has 0 amide bonds. The Hall–Kier alpha value is -2.68. The Morgan fingerprint density at radius 1 is 1.04 bits per heavy atom. The minimum Gasteiger partial charge on any atom is -0.379 e. The summed E-state index contributed by atoms with van der Waals surface area (Å²) in [5.41, 5.74) is -1.23. The maximum absolute atomic E-state index is 12.5. The number of benzene rings is 1. The first kappa shape index (κ1) is 17.7. The van der Waals surface area contributed by atoms with Gasteiger partial charge in [0.05, 0.1) is 0 Å². The molecule has 0 N–H and O–H groups in total. The average molecular weight is 352 g/mol. The van der Waals surface area contributed by atoms with E-state index in [4.69, 9.17) is 4.18 Å². The summed E-state index contributed by atoms with van der Waals surface area (Å²) in [5, 5.41) is 0. The Balaban J connectivity index is 2.54. The average Bonchev–Trinajstić information content (AvgIpc) is 2.51. The topological polar surface area (TPSA) is 104 Å². The van der Waals surface area contributed by atoms with Gasteiger partial charge in [-0.1, -0.05) is 0 Å². The summed E-state index contributed by atoms with van der Waals surface area (Å²) in [7, 11) is -1.90. The Morgan fingerprint density at radius 3 is 2.08 bits per heavy atom. The van der Waals surface area contributed by atoms with Crippen molar-refractivity contribution in [3.63, 3.8) is 0 Å². The first-order valence-electron chi connectivity index (χ1n) is 6.88. The highest BCUT2D eigenvalue weighted by atomic mass is 32.2. The number of hydrogen-bond acceptors (Lipinski definition) is 6. The second kappa shape index (κ2) is 6.08. The highest BCUT2D eigenvalue weighted by Crippen LogP contribution is 2.19. The third-order valence-electron chi connectivity index (χ3n) is 3.62. The number of carbonyl (C=O) groups excluding carboxylic acids is 1. The predicted molar refractivity (Wildman–Crippen MR) is 85.9 cm³/mol. The van der Waals surface area contributed by atoms with Crippen LogP contribution in [0, 0.1) is 6.92 Å².